The molecule has 5 rings (SSSR count). The van der Waals surface area contributed by atoms with Crippen LogP contribution in [0, 0.1) is 20.8 Å². The van der Waals surface area contributed by atoms with Gasteiger partial charge in [0.1, 0.15) is 0 Å². The van der Waals surface area contributed by atoms with Gasteiger partial charge in [-0.2, -0.15) is 0 Å². The van der Waals surface area contributed by atoms with Gasteiger partial charge in [0, 0.05) is 18.1 Å². The van der Waals surface area contributed by atoms with Crippen LogP contribution in [0.15, 0.2) is 94.0 Å². The molecule has 0 N–H and O–H groups in total. The maximum atomic E-state index is 13.5. The van der Waals surface area contributed by atoms with E-state index in [-0.39, 0.29) is 5.56 Å². The highest BCUT2D eigenvalue weighted by Gasteiger charge is 2.17. The van der Waals surface area contributed by atoms with Crippen LogP contribution in [0.2, 0.25) is 0 Å². The summed E-state index contributed by atoms with van der Waals surface area (Å²) in [5.74, 6) is 0. The zero-order valence-electron chi connectivity index (χ0n) is 19.7. The van der Waals surface area contributed by atoms with E-state index in [2.05, 4.69) is 66.3 Å². The summed E-state index contributed by atoms with van der Waals surface area (Å²) in [4.78, 5) is 19.2. The fourth-order valence-electron chi connectivity index (χ4n) is 4.11. The van der Waals surface area contributed by atoms with Gasteiger partial charge in [-0.1, -0.05) is 60.2 Å². The first-order valence-corrected chi connectivity index (χ1v) is 12.1. The third-order valence-corrected chi connectivity index (χ3v) is 6.87. The SMILES string of the molecule is Cc1ccc(-c2csc(=Nc3c(C)n(C)n(-c4ccccc4)c3=O)n2-c2cccc(C)c2)cc1. The molecule has 5 nitrogen and oxygen atoms in total. The van der Waals surface area contributed by atoms with E-state index in [1.54, 1.807) is 4.68 Å². The van der Waals surface area contributed by atoms with Crippen molar-refractivity contribution in [2.24, 2.45) is 12.0 Å². The maximum absolute atomic E-state index is 13.5. The fourth-order valence-corrected chi connectivity index (χ4v) is 5.02. The molecule has 0 unspecified atom stereocenters. The molecule has 2 aromatic heterocycles. The third kappa shape index (κ3) is 3.86. The van der Waals surface area contributed by atoms with Crippen LogP contribution in [0.4, 0.5) is 5.69 Å². The Morgan fingerprint density at radius 1 is 0.794 bits per heavy atom. The summed E-state index contributed by atoms with van der Waals surface area (Å²) in [6.07, 6.45) is 0. The highest BCUT2D eigenvalue weighted by molar-refractivity contribution is 7.07. The molecule has 170 valence electrons. The van der Waals surface area contributed by atoms with Gasteiger partial charge in [-0.15, -0.1) is 11.3 Å². The second-order valence-electron chi connectivity index (χ2n) is 8.47. The second kappa shape index (κ2) is 8.80. The number of hydrogen-bond donors (Lipinski definition) is 0. The first-order chi connectivity index (χ1) is 16.4. The molecule has 0 aliphatic rings. The summed E-state index contributed by atoms with van der Waals surface area (Å²) in [6, 6.07) is 26.5. The number of nitrogens with zero attached hydrogens (tertiary/aromatic N) is 4. The van der Waals surface area contributed by atoms with Crippen molar-refractivity contribution in [2.45, 2.75) is 20.8 Å². The van der Waals surface area contributed by atoms with E-state index >= 15 is 0 Å². The van der Waals surface area contributed by atoms with Crippen LogP contribution in [0.25, 0.3) is 22.6 Å². The van der Waals surface area contributed by atoms with Crippen LogP contribution in [0.3, 0.4) is 0 Å². The number of para-hydroxylation sites is 1. The lowest BCUT2D eigenvalue weighted by molar-refractivity contribution is 0.630. The molecule has 0 amide bonds. The molecule has 0 saturated heterocycles. The predicted octanol–water partition coefficient (Wildman–Crippen LogP) is 5.85. The predicted molar refractivity (Wildman–Crippen MR) is 140 cm³/mol. The van der Waals surface area contributed by atoms with Crippen molar-refractivity contribution < 1.29 is 0 Å². The highest BCUT2D eigenvalue weighted by atomic mass is 32.1. The van der Waals surface area contributed by atoms with Crippen molar-refractivity contribution in [2.75, 3.05) is 0 Å². The van der Waals surface area contributed by atoms with Crippen molar-refractivity contribution >= 4 is 17.0 Å². The highest BCUT2D eigenvalue weighted by Crippen LogP contribution is 2.25. The summed E-state index contributed by atoms with van der Waals surface area (Å²) in [7, 11) is 1.89. The minimum atomic E-state index is -0.132. The van der Waals surface area contributed by atoms with Gasteiger partial charge in [-0.25, -0.2) is 9.67 Å². The Kier molecular flexibility index (Phi) is 5.67. The molecule has 0 spiro atoms. The summed E-state index contributed by atoms with van der Waals surface area (Å²) in [5, 5.41) is 2.11. The lowest BCUT2D eigenvalue weighted by atomic mass is 10.1. The van der Waals surface area contributed by atoms with Gasteiger partial charge in [-0.3, -0.25) is 14.0 Å². The summed E-state index contributed by atoms with van der Waals surface area (Å²) >= 11 is 1.54. The van der Waals surface area contributed by atoms with Gasteiger partial charge in [0.2, 0.25) is 0 Å². The van der Waals surface area contributed by atoms with Crippen LogP contribution in [0.5, 0.6) is 0 Å². The molecular formula is C28H26N4OS. The molecule has 0 aliphatic heterocycles. The molecule has 6 heteroatoms. The van der Waals surface area contributed by atoms with Gasteiger partial charge >= 0.3 is 0 Å². The lowest BCUT2D eigenvalue weighted by Gasteiger charge is -2.10. The van der Waals surface area contributed by atoms with Crippen LogP contribution < -0.4 is 10.4 Å². The summed E-state index contributed by atoms with van der Waals surface area (Å²) in [6.45, 7) is 6.10. The molecule has 3 aromatic carbocycles. The van der Waals surface area contributed by atoms with Crippen molar-refractivity contribution in [3.63, 3.8) is 0 Å². The fraction of sp³-hybridized carbons (Fsp3) is 0.143. The number of aromatic nitrogens is 3. The number of rotatable bonds is 4. The number of hydrogen-bond acceptors (Lipinski definition) is 3. The zero-order valence-corrected chi connectivity index (χ0v) is 20.5. The average molecular weight is 467 g/mol. The molecule has 0 radical (unpaired) electrons. The number of aryl methyl sites for hydroxylation is 2. The van der Waals surface area contributed by atoms with E-state index in [1.165, 1.54) is 22.5 Å². The quantitative estimate of drug-likeness (QED) is 0.328. The van der Waals surface area contributed by atoms with Crippen LogP contribution >= 0.6 is 11.3 Å². The molecule has 0 aliphatic carbocycles. The topological polar surface area (TPSA) is 44.2 Å². The van der Waals surface area contributed by atoms with Crippen molar-refractivity contribution in [1.29, 1.82) is 0 Å². The molecule has 5 aromatic rings. The molecule has 0 atom stereocenters. The molecular weight excluding hydrogens is 440 g/mol. The summed E-state index contributed by atoms with van der Waals surface area (Å²) in [5.41, 5.74) is 7.51. The van der Waals surface area contributed by atoms with Gasteiger partial charge in [0.05, 0.1) is 17.1 Å². The normalized spacial score (nSPS) is 11.8. The maximum Gasteiger partial charge on any atom is 0.297 e. The minimum Gasteiger partial charge on any atom is -0.285 e. The first kappa shape index (κ1) is 21.9. The average Bonchev–Trinajstić information content (AvgIpc) is 3.35. The zero-order chi connectivity index (χ0) is 23.8. The van der Waals surface area contributed by atoms with Gasteiger partial charge < -0.3 is 0 Å². The molecule has 0 fully saturated rings. The van der Waals surface area contributed by atoms with E-state index in [4.69, 9.17) is 4.99 Å². The number of benzene rings is 3. The Bertz CT molecular complexity index is 1600. The van der Waals surface area contributed by atoms with Crippen molar-refractivity contribution in [3.05, 3.63) is 116 Å². The summed E-state index contributed by atoms with van der Waals surface area (Å²) < 4.78 is 5.67. The Balaban J connectivity index is 1.77. The molecule has 34 heavy (non-hydrogen) atoms. The van der Waals surface area contributed by atoms with Crippen molar-refractivity contribution in [1.82, 2.24) is 13.9 Å². The number of thiazole rings is 1. The van der Waals surface area contributed by atoms with Gasteiger partial charge in [0.15, 0.2) is 10.5 Å². The molecule has 0 bridgehead atoms. The van der Waals surface area contributed by atoms with Crippen LogP contribution in [-0.2, 0) is 7.05 Å². The first-order valence-electron chi connectivity index (χ1n) is 11.2. The van der Waals surface area contributed by atoms with E-state index in [1.807, 2.05) is 55.1 Å². The van der Waals surface area contributed by atoms with E-state index in [9.17, 15) is 4.79 Å². The van der Waals surface area contributed by atoms with Gasteiger partial charge in [0.25, 0.3) is 5.56 Å². The second-order valence-corrected chi connectivity index (χ2v) is 9.30. The molecule has 2 heterocycles. The Labute approximate surface area is 202 Å². The Morgan fingerprint density at radius 2 is 1.50 bits per heavy atom. The smallest absolute Gasteiger partial charge is 0.285 e. The lowest BCUT2D eigenvalue weighted by Crippen LogP contribution is -2.20. The monoisotopic (exact) mass is 466 g/mol. The minimum absolute atomic E-state index is 0.132. The van der Waals surface area contributed by atoms with E-state index in [0.29, 0.717) is 5.69 Å². The third-order valence-electron chi connectivity index (χ3n) is 6.05. The Hall–Kier alpha value is -3.90. The standard InChI is InChI=1S/C28H26N4OS/c1-19-13-15-22(16-14-19)25-18-34-28(31(25)24-12-8-9-20(2)17-24)29-26-21(3)30(4)32(27(26)33)23-10-6-5-7-11-23/h5-18H,1-4H3. The van der Waals surface area contributed by atoms with Crippen LogP contribution in [0.1, 0.15) is 16.8 Å². The van der Waals surface area contributed by atoms with E-state index in [0.717, 1.165) is 33.1 Å². The molecule has 0 saturated carbocycles. The van der Waals surface area contributed by atoms with Gasteiger partial charge in [-0.05, 0) is 56.2 Å². The van der Waals surface area contributed by atoms with Crippen LogP contribution in [-0.4, -0.2) is 13.9 Å². The largest absolute Gasteiger partial charge is 0.297 e. The Morgan fingerprint density at radius 3 is 2.21 bits per heavy atom. The van der Waals surface area contributed by atoms with Crippen molar-refractivity contribution in [3.8, 4) is 22.6 Å². The van der Waals surface area contributed by atoms with E-state index < -0.39 is 0 Å².